The molecule has 1 rings (SSSR count). The Balaban J connectivity index is 2.24. The second kappa shape index (κ2) is 3.66. The molecule has 0 spiro atoms. The third-order valence-corrected chi connectivity index (χ3v) is 1.50. The normalized spacial score (nSPS) is 19.7. The molecule has 1 aliphatic rings. The summed E-state index contributed by atoms with van der Waals surface area (Å²) in [5, 5.41) is 18.9. The van der Waals surface area contributed by atoms with Gasteiger partial charge in [0.05, 0.1) is 0 Å². The van der Waals surface area contributed by atoms with E-state index in [1.807, 2.05) is 0 Å². The van der Waals surface area contributed by atoms with Crippen LogP contribution >= 0.6 is 0 Å². The molecule has 1 saturated heterocycles. The summed E-state index contributed by atoms with van der Waals surface area (Å²) < 4.78 is 0. The Bertz CT molecular complexity index is 147. The molecule has 1 unspecified atom stereocenters. The van der Waals surface area contributed by atoms with Gasteiger partial charge in [0.2, 0.25) is 0 Å². The fraction of sp³-hybridized carbons (Fsp3) is 0.833. The van der Waals surface area contributed by atoms with Crippen LogP contribution < -0.4 is 5.43 Å². The van der Waals surface area contributed by atoms with Gasteiger partial charge in [-0.3, -0.25) is 4.79 Å². The number of carbonyl (C=O) groups is 1. The van der Waals surface area contributed by atoms with Gasteiger partial charge >= 0.3 is 5.97 Å². The zero-order valence-corrected chi connectivity index (χ0v) is 6.16. The fourth-order valence-electron chi connectivity index (χ4n) is 0.772. The van der Waals surface area contributed by atoms with Crippen molar-refractivity contribution in [2.75, 3.05) is 19.7 Å². The minimum absolute atomic E-state index is 0.0994. The zero-order chi connectivity index (χ0) is 8.27. The van der Waals surface area contributed by atoms with E-state index in [9.17, 15) is 4.79 Å². The number of nitrogens with one attached hydrogen (secondary N) is 1. The van der Waals surface area contributed by atoms with E-state index in [2.05, 4.69) is 5.43 Å². The van der Waals surface area contributed by atoms with Gasteiger partial charge in [0.25, 0.3) is 0 Å². The highest BCUT2D eigenvalue weighted by atomic mass is 16.4. The SMILES string of the molecule is O=C(O)C(CCO)NN1CC1. The van der Waals surface area contributed by atoms with Crippen LogP contribution in [0.2, 0.25) is 0 Å². The average Bonchev–Trinajstić information content (AvgIpc) is 2.70. The molecule has 0 bridgehead atoms. The molecule has 5 heteroatoms. The molecular formula is C6H12N2O3. The number of aliphatic hydroxyl groups is 1. The van der Waals surface area contributed by atoms with Gasteiger partial charge in [-0.15, -0.1) is 0 Å². The third-order valence-electron chi connectivity index (χ3n) is 1.50. The van der Waals surface area contributed by atoms with Gasteiger partial charge in [0.15, 0.2) is 0 Å². The standard InChI is InChI=1S/C6H12N2O3/c9-4-1-5(6(10)11)7-8-2-3-8/h5,7,9H,1-4H2,(H,10,11). The zero-order valence-electron chi connectivity index (χ0n) is 6.16. The van der Waals surface area contributed by atoms with Crippen molar-refractivity contribution in [3.8, 4) is 0 Å². The Morgan fingerprint density at radius 1 is 1.64 bits per heavy atom. The Hall–Kier alpha value is -0.650. The molecule has 0 saturated carbocycles. The molecule has 0 radical (unpaired) electrons. The number of carboxylic acid groups (broad SMARTS) is 1. The Kier molecular flexibility index (Phi) is 2.81. The van der Waals surface area contributed by atoms with Gasteiger partial charge in [-0.25, -0.2) is 10.4 Å². The lowest BCUT2D eigenvalue weighted by Gasteiger charge is -2.12. The number of hydrogen-bond donors (Lipinski definition) is 3. The first-order chi connectivity index (χ1) is 5.24. The molecule has 0 aliphatic carbocycles. The molecule has 1 aliphatic heterocycles. The summed E-state index contributed by atoms with van der Waals surface area (Å²) in [6, 6.07) is -0.637. The minimum Gasteiger partial charge on any atom is -0.480 e. The summed E-state index contributed by atoms with van der Waals surface area (Å²) >= 11 is 0. The van der Waals surface area contributed by atoms with E-state index in [1.165, 1.54) is 0 Å². The first-order valence-corrected chi connectivity index (χ1v) is 3.59. The largest absolute Gasteiger partial charge is 0.480 e. The van der Waals surface area contributed by atoms with Crippen LogP contribution in [0.25, 0.3) is 0 Å². The number of hydrogen-bond acceptors (Lipinski definition) is 4. The molecule has 1 fully saturated rings. The highest BCUT2D eigenvalue weighted by molar-refractivity contribution is 5.73. The van der Waals surface area contributed by atoms with Crippen LogP contribution in [0.5, 0.6) is 0 Å². The first-order valence-electron chi connectivity index (χ1n) is 3.59. The van der Waals surface area contributed by atoms with E-state index >= 15 is 0 Å². The summed E-state index contributed by atoms with van der Waals surface area (Å²) in [5.74, 6) is -0.911. The highest BCUT2D eigenvalue weighted by Gasteiger charge is 2.24. The minimum atomic E-state index is -0.911. The number of rotatable bonds is 5. The van der Waals surface area contributed by atoms with Crippen molar-refractivity contribution < 1.29 is 15.0 Å². The lowest BCUT2D eigenvalue weighted by atomic mass is 10.2. The number of aliphatic hydroxyl groups excluding tert-OH is 1. The predicted octanol–water partition coefficient (Wildman–Crippen LogP) is -1.36. The van der Waals surface area contributed by atoms with E-state index in [-0.39, 0.29) is 13.0 Å². The van der Waals surface area contributed by atoms with Crippen molar-refractivity contribution >= 4 is 5.97 Å². The third kappa shape index (κ3) is 2.83. The Morgan fingerprint density at radius 3 is 2.64 bits per heavy atom. The monoisotopic (exact) mass is 160 g/mol. The molecule has 11 heavy (non-hydrogen) atoms. The smallest absolute Gasteiger partial charge is 0.322 e. The number of hydrazine groups is 1. The van der Waals surface area contributed by atoms with Gasteiger partial charge in [-0.1, -0.05) is 0 Å². The summed E-state index contributed by atoms with van der Waals surface area (Å²) in [7, 11) is 0. The van der Waals surface area contributed by atoms with Crippen LogP contribution in [0.1, 0.15) is 6.42 Å². The van der Waals surface area contributed by atoms with Gasteiger partial charge in [0.1, 0.15) is 6.04 Å². The van der Waals surface area contributed by atoms with Crippen molar-refractivity contribution in [1.82, 2.24) is 10.4 Å². The van der Waals surface area contributed by atoms with E-state index < -0.39 is 12.0 Å². The van der Waals surface area contributed by atoms with E-state index in [4.69, 9.17) is 10.2 Å². The topological polar surface area (TPSA) is 72.6 Å². The van der Waals surface area contributed by atoms with Crippen molar-refractivity contribution in [2.24, 2.45) is 0 Å². The molecule has 0 amide bonds. The lowest BCUT2D eigenvalue weighted by molar-refractivity contribution is -0.140. The summed E-state index contributed by atoms with van der Waals surface area (Å²) in [6.07, 6.45) is 0.256. The molecule has 3 N–H and O–H groups in total. The second-order valence-corrected chi connectivity index (χ2v) is 2.52. The molecule has 0 aromatic carbocycles. The van der Waals surface area contributed by atoms with Crippen molar-refractivity contribution in [1.29, 1.82) is 0 Å². The Morgan fingerprint density at radius 2 is 2.27 bits per heavy atom. The number of aliphatic carboxylic acids is 1. The molecule has 1 atom stereocenters. The Labute approximate surface area is 64.6 Å². The number of carboxylic acids is 1. The molecule has 64 valence electrons. The second-order valence-electron chi connectivity index (χ2n) is 2.52. The fourth-order valence-corrected chi connectivity index (χ4v) is 0.772. The molecule has 1 heterocycles. The molecular weight excluding hydrogens is 148 g/mol. The van der Waals surface area contributed by atoms with E-state index in [0.717, 1.165) is 13.1 Å². The predicted molar refractivity (Wildman–Crippen MR) is 37.8 cm³/mol. The highest BCUT2D eigenvalue weighted by Crippen LogP contribution is 2.01. The molecule has 5 nitrogen and oxygen atoms in total. The summed E-state index contributed by atoms with van der Waals surface area (Å²) in [6.45, 7) is 1.70. The van der Waals surface area contributed by atoms with Crippen LogP contribution in [0.15, 0.2) is 0 Å². The first kappa shape index (κ1) is 8.45. The van der Waals surface area contributed by atoms with Crippen LogP contribution in [-0.2, 0) is 4.79 Å². The van der Waals surface area contributed by atoms with E-state index in [0.29, 0.717) is 0 Å². The summed E-state index contributed by atoms with van der Waals surface area (Å²) in [4.78, 5) is 10.5. The molecule has 0 aromatic rings. The van der Waals surface area contributed by atoms with Gasteiger partial charge in [-0.2, -0.15) is 0 Å². The van der Waals surface area contributed by atoms with Crippen LogP contribution in [-0.4, -0.2) is 46.9 Å². The molecule has 0 aromatic heterocycles. The van der Waals surface area contributed by atoms with Crippen LogP contribution in [0.3, 0.4) is 0 Å². The van der Waals surface area contributed by atoms with Gasteiger partial charge in [-0.05, 0) is 6.42 Å². The quantitative estimate of drug-likeness (QED) is 0.433. The van der Waals surface area contributed by atoms with Crippen molar-refractivity contribution in [3.63, 3.8) is 0 Å². The lowest BCUT2D eigenvalue weighted by Crippen LogP contribution is -2.40. The summed E-state index contributed by atoms with van der Waals surface area (Å²) in [5.41, 5.74) is 2.77. The van der Waals surface area contributed by atoms with Crippen molar-refractivity contribution in [3.05, 3.63) is 0 Å². The maximum Gasteiger partial charge on any atom is 0.322 e. The maximum atomic E-state index is 10.5. The van der Waals surface area contributed by atoms with Gasteiger partial charge < -0.3 is 10.2 Å². The average molecular weight is 160 g/mol. The van der Waals surface area contributed by atoms with Crippen LogP contribution in [0, 0.1) is 0 Å². The van der Waals surface area contributed by atoms with Crippen LogP contribution in [0.4, 0.5) is 0 Å². The van der Waals surface area contributed by atoms with E-state index in [1.54, 1.807) is 5.01 Å². The van der Waals surface area contributed by atoms with Gasteiger partial charge in [0, 0.05) is 19.7 Å². The maximum absolute atomic E-state index is 10.5. The number of nitrogens with zero attached hydrogens (tertiary/aromatic N) is 1. The van der Waals surface area contributed by atoms with Crippen molar-refractivity contribution in [2.45, 2.75) is 12.5 Å².